The first kappa shape index (κ1) is 25.6. The zero-order valence-electron chi connectivity index (χ0n) is 22.7. The van der Waals surface area contributed by atoms with E-state index in [2.05, 4.69) is 95.5 Å². The molecule has 40 heavy (non-hydrogen) atoms. The van der Waals surface area contributed by atoms with Gasteiger partial charge in [0.15, 0.2) is 5.82 Å². The number of allylic oxidation sites excluding steroid dienone is 2. The monoisotopic (exact) mass is 644 g/mol. The molecule has 0 bridgehead atoms. The van der Waals surface area contributed by atoms with Gasteiger partial charge in [0.1, 0.15) is 17.8 Å². The van der Waals surface area contributed by atoms with Gasteiger partial charge >= 0.3 is 0 Å². The van der Waals surface area contributed by atoms with Crippen molar-refractivity contribution in [3.05, 3.63) is 76.0 Å². The third-order valence-electron chi connectivity index (χ3n) is 8.42. The van der Waals surface area contributed by atoms with Crippen molar-refractivity contribution in [2.24, 2.45) is 4.99 Å². The van der Waals surface area contributed by atoms with Crippen molar-refractivity contribution in [1.82, 2.24) is 34.5 Å². The van der Waals surface area contributed by atoms with E-state index in [1.807, 2.05) is 18.6 Å². The van der Waals surface area contributed by atoms with Crippen LogP contribution >= 0.6 is 22.6 Å². The minimum atomic E-state index is 0.561. The summed E-state index contributed by atoms with van der Waals surface area (Å²) in [5.74, 6) is 1.88. The Balaban J connectivity index is 1.19. The van der Waals surface area contributed by atoms with Crippen LogP contribution in [0.5, 0.6) is 0 Å². The Bertz CT molecular complexity index is 1640. The average Bonchev–Trinajstić information content (AvgIpc) is 3.77. The summed E-state index contributed by atoms with van der Waals surface area (Å²) in [7, 11) is 0. The normalized spacial score (nSPS) is 19.9. The van der Waals surface area contributed by atoms with Crippen LogP contribution in [-0.4, -0.2) is 72.6 Å². The first-order chi connectivity index (χ1) is 19.7. The number of halogens is 1. The van der Waals surface area contributed by atoms with Crippen LogP contribution in [0.4, 0.5) is 0 Å². The molecule has 0 radical (unpaired) electrons. The number of rotatable bonds is 5. The van der Waals surface area contributed by atoms with E-state index in [0.717, 1.165) is 64.6 Å². The summed E-state index contributed by atoms with van der Waals surface area (Å²) in [4.78, 5) is 18.3. The van der Waals surface area contributed by atoms with E-state index in [0.29, 0.717) is 6.04 Å². The highest BCUT2D eigenvalue weighted by atomic mass is 127. The summed E-state index contributed by atoms with van der Waals surface area (Å²) >= 11 is 2.40. The molecule has 204 valence electrons. The molecule has 1 N–H and O–H groups in total. The summed E-state index contributed by atoms with van der Waals surface area (Å²) < 4.78 is 3.24. The Morgan fingerprint density at radius 2 is 2.02 bits per heavy atom. The highest BCUT2D eigenvalue weighted by Crippen LogP contribution is 2.33. The molecule has 0 spiro atoms. The maximum atomic E-state index is 5.01. The van der Waals surface area contributed by atoms with Gasteiger partial charge in [0.2, 0.25) is 0 Å². The van der Waals surface area contributed by atoms with Crippen LogP contribution in [0.15, 0.2) is 66.3 Å². The van der Waals surface area contributed by atoms with Crippen LogP contribution < -0.4 is 0 Å². The predicted octanol–water partition coefficient (Wildman–Crippen LogP) is 5.98. The summed E-state index contributed by atoms with van der Waals surface area (Å²) in [6, 6.07) is 9.07. The van der Waals surface area contributed by atoms with Gasteiger partial charge in [-0.2, -0.15) is 0 Å². The zero-order chi connectivity index (χ0) is 27.1. The second-order valence-electron chi connectivity index (χ2n) is 11.0. The van der Waals surface area contributed by atoms with Gasteiger partial charge in [-0.3, -0.25) is 4.57 Å². The SMILES string of the molecule is Cc1cccc(-n2cnnc2-c2c[nH]c3ncc(C4=CN=C(N5CCCC5CN5CCCC5)C=CC4)cc23)c1I. The van der Waals surface area contributed by atoms with Gasteiger partial charge in [-0.25, -0.2) is 9.98 Å². The maximum absolute atomic E-state index is 5.01. The topological polar surface area (TPSA) is 78.2 Å². The lowest BCUT2D eigenvalue weighted by atomic mass is 10.0. The fraction of sp³-hybridized carbons (Fsp3) is 0.355. The van der Waals surface area contributed by atoms with E-state index in [-0.39, 0.29) is 0 Å². The molecule has 1 unspecified atom stereocenters. The molecule has 0 aliphatic carbocycles. The Morgan fingerprint density at radius 1 is 1.12 bits per heavy atom. The summed E-state index contributed by atoms with van der Waals surface area (Å²) in [5, 5.41) is 9.81. The van der Waals surface area contributed by atoms with Crippen LogP contribution in [0.25, 0.3) is 33.7 Å². The van der Waals surface area contributed by atoms with Gasteiger partial charge in [0, 0.05) is 52.2 Å². The number of nitrogens with one attached hydrogen (secondary N) is 1. The molecule has 3 aliphatic rings. The minimum absolute atomic E-state index is 0.561. The molecule has 0 saturated carbocycles. The number of aromatic nitrogens is 5. The number of fused-ring (bicyclic) bond motifs is 1. The summed E-state index contributed by atoms with van der Waals surface area (Å²) in [5.41, 5.74) is 6.36. The van der Waals surface area contributed by atoms with Crippen molar-refractivity contribution in [1.29, 1.82) is 0 Å². The average molecular weight is 645 g/mol. The van der Waals surface area contributed by atoms with Gasteiger partial charge in [-0.05, 0) is 110 Å². The van der Waals surface area contributed by atoms with Gasteiger partial charge < -0.3 is 14.8 Å². The highest BCUT2D eigenvalue weighted by molar-refractivity contribution is 14.1. The Kier molecular flexibility index (Phi) is 7.01. The van der Waals surface area contributed by atoms with Crippen molar-refractivity contribution in [3.63, 3.8) is 0 Å². The number of aliphatic imine (C=N–C) groups is 1. The number of aromatic amines is 1. The lowest BCUT2D eigenvalue weighted by Gasteiger charge is -2.29. The molecule has 6 heterocycles. The van der Waals surface area contributed by atoms with Crippen molar-refractivity contribution in [2.75, 3.05) is 26.2 Å². The third-order valence-corrected chi connectivity index (χ3v) is 9.82. The number of benzene rings is 1. The highest BCUT2D eigenvalue weighted by Gasteiger charge is 2.29. The molecule has 8 nitrogen and oxygen atoms in total. The standard InChI is InChI=1S/C31H33IN8/c1-21-7-4-10-27(29(21)32)40-20-36-37-31(40)26-18-35-30-25(26)15-23(17-34-30)22-8-5-11-28(33-16-22)39-14-6-9-24(39)19-38-12-2-3-13-38/h4-5,7,10-11,15-18,20,24H,2-3,6,8-9,12-14,19H2,1H3,(H,34,35). The summed E-state index contributed by atoms with van der Waals surface area (Å²) in [6.45, 7) is 6.86. The van der Waals surface area contributed by atoms with Gasteiger partial charge in [-0.15, -0.1) is 10.2 Å². The van der Waals surface area contributed by atoms with Crippen LogP contribution in [0.2, 0.25) is 0 Å². The fourth-order valence-electron chi connectivity index (χ4n) is 6.26. The Morgan fingerprint density at radius 3 is 2.92 bits per heavy atom. The molecular formula is C31H33IN8. The molecule has 1 aromatic carbocycles. The van der Waals surface area contributed by atoms with E-state index < -0.39 is 0 Å². The first-order valence-electron chi connectivity index (χ1n) is 14.2. The van der Waals surface area contributed by atoms with Gasteiger partial charge in [0.05, 0.1) is 5.69 Å². The third kappa shape index (κ3) is 4.79. The molecule has 7 rings (SSSR count). The summed E-state index contributed by atoms with van der Waals surface area (Å²) in [6.07, 6.45) is 18.2. The Labute approximate surface area is 248 Å². The van der Waals surface area contributed by atoms with Gasteiger partial charge in [0.25, 0.3) is 0 Å². The lowest BCUT2D eigenvalue weighted by Crippen LogP contribution is -2.41. The molecule has 9 heteroatoms. The van der Waals surface area contributed by atoms with Crippen molar-refractivity contribution >= 4 is 45.0 Å². The molecule has 2 fully saturated rings. The molecule has 1 atom stereocenters. The van der Waals surface area contributed by atoms with Gasteiger partial charge in [-0.1, -0.05) is 18.2 Å². The van der Waals surface area contributed by atoms with Crippen molar-refractivity contribution < 1.29 is 0 Å². The smallest absolute Gasteiger partial charge is 0.170 e. The van der Waals surface area contributed by atoms with Crippen molar-refractivity contribution in [3.8, 4) is 17.1 Å². The molecule has 3 aliphatic heterocycles. The largest absolute Gasteiger partial charge is 0.352 e. The second-order valence-corrected chi connectivity index (χ2v) is 12.1. The van der Waals surface area contributed by atoms with E-state index >= 15 is 0 Å². The maximum Gasteiger partial charge on any atom is 0.170 e. The number of likely N-dealkylation sites (tertiary alicyclic amines) is 2. The van der Waals surface area contributed by atoms with E-state index in [9.17, 15) is 0 Å². The molecule has 0 amide bonds. The fourth-order valence-corrected chi connectivity index (χ4v) is 6.88. The van der Waals surface area contributed by atoms with E-state index in [1.165, 1.54) is 47.9 Å². The van der Waals surface area contributed by atoms with Crippen LogP contribution in [0.1, 0.15) is 43.2 Å². The molecular weight excluding hydrogens is 611 g/mol. The number of hydrogen-bond donors (Lipinski definition) is 1. The molecule has 3 aromatic heterocycles. The molecule has 2 saturated heterocycles. The van der Waals surface area contributed by atoms with Crippen molar-refractivity contribution in [2.45, 2.75) is 45.1 Å². The minimum Gasteiger partial charge on any atom is -0.352 e. The predicted molar refractivity (Wildman–Crippen MR) is 168 cm³/mol. The number of nitrogens with zero attached hydrogens (tertiary/aromatic N) is 7. The number of H-pyrrole nitrogens is 1. The zero-order valence-corrected chi connectivity index (χ0v) is 24.9. The number of pyridine rings is 1. The number of amidine groups is 1. The van der Waals surface area contributed by atoms with E-state index in [1.54, 1.807) is 6.33 Å². The van der Waals surface area contributed by atoms with E-state index in [4.69, 9.17) is 9.98 Å². The quantitative estimate of drug-likeness (QED) is 0.271. The molecule has 4 aromatic rings. The lowest BCUT2D eigenvalue weighted by molar-refractivity contribution is 0.253. The van der Waals surface area contributed by atoms with Crippen LogP contribution in [0.3, 0.4) is 0 Å². The number of hydrogen-bond acceptors (Lipinski definition) is 6. The van der Waals surface area contributed by atoms with Crippen LogP contribution in [0, 0.1) is 10.5 Å². The van der Waals surface area contributed by atoms with Crippen LogP contribution in [-0.2, 0) is 0 Å². The second kappa shape index (κ2) is 10.9. The number of aryl methyl sites for hydroxylation is 1. The first-order valence-corrected chi connectivity index (χ1v) is 15.3. The Hall–Kier alpha value is -3.31.